The minimum atomic E-state index is -0.816. The van der Waals surface area contributed by atoms with Gasteiger partial charge in [-0.05, 0) is 30.5 Å². The highest BCUT2D eigenvalue weighted by Gasteiger charge is 2.58. The van der Waals surface area contributed by atoms with Crippen molar-refractivity contribution in [2.75, 3.05) is 14.2 Å². The highest BCUT2D eigenvalue weighted by atomic mass is 16.5. The second-order valence-corrected chi connectivity index (χ2v) is 6.42. The van der Waals surface area contributed by atoms with Gasteiger partial charge in [-0.3, -0.25) is 14.5 Å². The lowest BCUT2D eigenvalue weighted by molar-refractivity contribution is -0.160. The predicted octanol–water partition coefficient (Wildman–Crippen LogP) is 2.48. The van der Waals surface area contributed by atoms with E-state index in [-0.39, 0.29) is 11.8 Å². The van der Waals surface area contributed by atoms with E-state index in [0.29, 0.717) is 5.75 Å². The molecule has 1 spiro atoms. The Bertz CT molecular complexity index is 669. The van der Waals surface area contributed by atoms with E-state index in [9.17, 15) is 14.9 Å². The fourth-order valence-corrected chi connectivity index (χ4v) is 4.22. The number of nitriles is 1. The van der Waals surface area contributed by atoms with E-state index in [1.54, 1.807) is 7.11 Å². The van der Waals surface area contributed by atoms with Gasteiger partial charge in [0.05, 0.1) is 18.6 Å². The van der Waals surface area contributed by atoms with Crippen molar-refractivity contribution in [3.8, 4) is 11.8 Å². The van der Waals surface area contributed by atoms with Gasteiger partial charge in [0.15, 0.2) is 0 Å². The van der Waals surface area contributed by atoms with Crippen molar-refractivity contribution in [3.05, 3.63) is 29.8 Å². The van der Waals surface area contributed by atoms with Gasteiger partial charge in [0.1, 0.15) is 11.7 Å². The predicted molar refractivity (Wildman–Crippen MR) is 83.5 cm³/mol. The monoisotopic (exact) mass is 312 g/mol. The van der Waals surface area contributed by atoms with E-state index in [0.717, 1.165) is 31.2 Å². The Morgan fingerprint density at radius 3 is 2.35 bits per heavy atom. The molecule has 5 heteroatoms. The van der Waals surface area contributed by atoms with Crippen molar-refractivity contribution in [2.24, 2.45) is 11.3 Å². The first-order valence-corrected chi connectivity index (χ1v) is 7.91. The summed E-state index contributed by atoms with van der Waals surface area (Å²) in [7, 11) is 3.09. The number of imide groups is 1. The number of carbonyl (C=O) groups is 2. The van der Waals surface area contributed by atoms with Crippen molar-refractivity contribution in [1.29, 1.82) is 5.26 Å². The molecule has 1 saturated carbocycles. The molecule has 2 unspecified atom stereocenters. The largest absolute Gasteiger partial charge is 0.497 e. The number of carbonyl (C=O) groups excluding carboxylic acids is 2. The summed E-state index contributed by atoms with van der Waals surface area (Å²) in [5.74, 6) is -1.00. The normalized spacial score (nSPS) is 26.4. The lowest BCUT2D eigenvalue weighted by atomic mass is 9.62. The maximum atomic E-state index is 12.9. The zero-order valence-corrected chi connectivity index (χ0v) is 13.4. The SMILES string of the molecule is COc1ccc(C2C(C#N)C(=O)N(C)C(=O)C23CCCC3)cc1. The third kappa shape index (κ3) is 2.21. The summed E-state index contributed by atoms with van der Waals surface area (Å²) in [4.78, 5) is 26.5. The number of methoxy groups -OCH3 is 1. The number of ether oxygens (including phenoxy) is 1. The molecule has 1 aromatic rings. The van der Waals surface area contributed by atoms with Gasteiger partial charge in [-0.15, -0.1) is 0 Å². The fraction of sp³-hybridized carbons (Fsp3) is 0.500. The van der Waals surface area contributed by atoms with Crippen molar-refractivity contribution in [1.82, 2.24) is 4.90 Å². The molecule has 2 amide bonds. The molecule has 120 valence electrons. The van der Waals surface area contributed by atoms with Crippen LogP contribution in [0, 0.1) is 22.7 Å². The molecular formula is C18H20N2O3. The van der Waals surface area contributed by atoms with E-state index < -0.39 is 17.2 Å². The molecule has 5 nitrogen and oxygen atoms in total. The molecule has 1 aliphatic heterocycles. The maximum Gasteiger partial charge on any atom is 0.246 e. The summed E-state index contributed by atoms with van der Waals surface area (Å²) >= 11 is 0. The average molecular weight is 312 g/mol. The van der Waals surface area contributed by atoms with Gasteiger partial charge in [0.2, 0.25) is 11.8 Å². The Labute approximate surface area is 135 Å². The molecule has 0 radical (unpaired) electrons. The van der Waals surface area contributed by atoms with Crippen molar-refractivity contribution < 1.29 is 14.3 Å². The molecule has 2 aliphatic rings. The van der Waals surface area contributed by atoms with Crippen LogP contribution in [-0.4, -0.2) is 30.9 Å². The average Bonchev–Trinajstić information content (AvgIpc) is 3.07. The molecule has 2 atom stereocenters. The van der Waals surface area contributed by atoms with Crippen LogP contribution in [-0.2, 0) is 9.59 Å². The summed E-state index contributed by atoms with van der Waals surface area (Å²) in [5.41, 5.74) is 0.242. The zero-order chi connectivity index (χ0) is 16.6. The molecular weight excluding hydrogens is 292 g/mol. The van der Waals surface area contributed by atoms with Crippen LogP contribution in [0.2, 0.25) is 0 Å². The third-order valence-electron chi connectivity index (χ3n) is 5.37. The van der Waals surface area contributed by atoms with E-state index in [2.05, 4.69) is 6.07 Å². The van der Waals surface area contributed by atoms with Crippen molar-refractivity contribution in [3.63, 3.8) is 0 Å². The summed E-state index contributed by atoms with van der Waals surface area (Å²) in [6.45, 7) is 0. The first-order chi connectivity index (χ1) is 11.0. The molecule has 1 aromatic carbocycles. The third-order valence-corrected chi connectivity index (χ3v) is 5.37. The standard InChI is InChI=1S/C18H20N2O3/c1-20-16(21)14(11-19)15(12-5-7-13(23-2)8-6-12)18(17(20)22)9-3-4-10-18/h5-8,14-15H,3-4,9-10H2,1-2H3. The number of amides is 2. The van der Waals surface area contributed by atoms with Gasteiger partial charge in [-0.25, -0.2) is 0 Å². The van der Waals surface area contributed by atoms with Gasteiger partial charge in [-0.2, -0.15) is 5.26 Å². The zero-order valence-electron chi connectivity index (χ0n) is 13.4. The highest BCUT2D eigenvalue weighted by molar-refractivity contribution is 6.04. The van der Waals surface area contributed by atoms with E-state index in [1.165, 1.54) is 11.9 Å². The Morgan fingerprint density at radius 1 is 1.22 bits per heavy atom. The fourth-order valence-electron chi connectivity index (χ4n) is 4.22. The summed E-state index contributed by atoms with van der Waals surface area (Å²) in [5, 5.41) is 9.61. The number of hydrogen-bond donors (Lipinski definition) is 0. The van der Waals surface area contributed by atoms with Gasteiger partial charge in [0.25, 0.3) is 0 Å². The van der Waals surface area contributed by atoms with Crippen LogP contribution in [0.5, 0.6) is 5.75 Å². The summed E-state index contributed by atoms with van der Waals surface area (Å²) < 4.78 is 5.18. The molecule has 1 heterocycles. The molecule has 3 rings (SSSR count). The number of rotatable bonds is 2. The Morgan fingerprint density at radius 2 is 1.83 bits per heavy atom. The van der Waals surface area contributed by atoms with Crippen molar-refractivity contribution >= 4 is 11.8 Å². The lowest BCUT2D eigenvalue weighted by Gasteiger charge is -2.45. The van der Waals surface area contributed by atoms with Crippen LogP contribution in [0.15, 0.2) is 24.3 Å². The van der Waals surface area contributed by atoms with E-state index in [4.69, 9.17) is 4.74 Å². The Kier molecular flexibility index (Phi) is 3.85. The highest BCUT2D eigenvalue weighted by Crippen LogP contribution is 2.55. The van der Waals surface area contributed by atoms with Crippen LogP contribution in [0.4, 0.5) is 0 Å². The molecule has 2 fully saturated rings. The minimum absolute atomic E-state index is 0.132. The number of nitrogens with zero attached hydrogens (tertiary/aromatic N) is 2. The minimum Gasteiger partial charge on any atom is -0.497 e. The van der Waals surface area contributed by atoms with Crippen molar-refractivity contribution in [2.45, 2.75) is 31.6 Å². The first kappa shape index (κ1) is 15.5. The van der Waals surface area contributed by atoms with Gasteiger partial charge in [-0.1, -0.05) is 25.0 Å². The topological polar surface area (TPSA) is 70.4 Å². The second-order valence-electron chi connectivity index (χ2n) is 6.42. The van der Waals surface area contributed by atoms with Crippen LogP contribution in [0.3, 0.4) is 0 Å². The van der Waals surface area contributed by atoms with Crippen LogP contribution < -0.4 is 4.74 Å². The number of likely N-dealkylation sites (tertiary alicyclic amines) is 1. The quantitative estimate of drug-likeness (QED) is 0.787. The molecule has 1 saturated heterocycles. The number of hydrogen-bond acceptors (Lipinski definition) is 4. The molecule has 23 heavy (non-hydrogen) atoms. The number of piperidine rings is 1. The van der Waals surface area contributed by atoms with Crippen LogP contribution in [0.25, 0.3) is 0 Å². The van der Waals surface area contributed by atoms with Crippen LogP contribution >= 0.6 is 0 Å². The molecule has 0 N–H and O–H groups in total. The molecule has 0 aromatic heterocycles. The van der Waals surface area contributed by atoms with E-state index in [1.807, 2.05) is 24.3 Å². The molecule has 0 bridgehead atoms. The molecule has 1 aliphatic carbocycles. The number of benzene rings is 1. The maximum absolute atomic E-state index is 12.9. The van der Waals surface area contributed by atoms with Gasteiger partial charge < -0.3 is 4.74 Å². The Balaban J connectivity index is 2.12. The van der Waals surface area contributed by atoms with Gasteiger partial charge >= 0.3 is 0 Å². The summed E-state index contributed by atoms with van der Waals surface area (Å²) in [6, 6.07) is 9.55. The smallest absolute Gasteiger partial charge is 0.246 e. The second kappa shape index (κ2) is 5.69. The van der Waals surface area contributed by atoms with Gasteiger partial charge in [0, 0.05) is 13.0 Å². The van der Waals surface area contributed by atoms with Crippen LogP contribution in [0.1, 0.15) is 37.2 Å². The van der Waals surface area contributed by atoms with E-state index >= 15 is 0 Å². The Hall–Kier alpha value is -2.35. The summed E-state index contributed by atoms with van der Waals surface area (Å²) in [6.07, 6.45) is 3.38. The lowest BCUT2D eigenvalue weighted by Crippen LogP contribution is -2.56. The first-order valence-electron chi connectivity index (χ1n) is 7.91.